The lowest BCUT2D eigenvalue weighted by molar-refractivity contribution is -0.117. The second kappa shape index (κ2) is 5.45. The first-order chi connectivity index (χ1) is 9.74. The van der Waals surface area contributed by atoms with Gasteiger partial charge in [-0.1, -0.05) is 6.07 Å². The molecule has 1 unspecified atom stereocenters. The summed E-state index contributed by atoms with van der Waals surface area (Å²) in [4.78, 5) is 24.9. The highest BCUT2D eigenvalue weighted by Crippen LogP contribution is 2.28. The van der Waals surface area contributed by atoms with Crippen molar-refractivity contribution in [1.82, 2.24) is 0 Å². The SMILES string of the molecule is COC(=O)c1ccc(C)c(N2CC(S(N)(=O)=O)CC2=O)c1. The fourth-order valence-corrected chi connectivity index (χ4v) is 3.00. The van der Waals surface area contributed by atoms with Crippen molar-refractivity contribution in [3.63, 3.8) is 0 Å². The lowest BCUT2D eigenvalue weighted by atomic mass is 10.1. The third-order valence-electron chi connectivity index (χ3n) is 3.48. The number of anilines is 1. The van der Waals surface area contributed by atoms with Crippen LogP contribution in [0.1, 0.15) is 22.3 Å². The first-order valence-corrected chi connectivity index (χ1v) is 7.86. The number of rotatable bonds is 3. The number of ether oxygens (including phenoxy) is 1. The second-order valence-electron chi connectivity index (χ2n) is 4.91. The molecule has 0 aliphatic carbocycles. The minimum absolute atomic E-state index is 0.0108. The number of amides is 1. The molecule has 7 nitrogen and oxygen atoms in total. The van der Waals surface area contributed by atoms with Crippen LogP contribution in [0.5, 0.6) is 0 Å². The highest BCUT2D eigenvalue weighted by molar-refractivity contribution is 7.89. The van der Waals surface area contributed by atoms with Gasteiger partial charge in [-0.25, -0.2) is 18.4 Å². The van der Waals surface area contributed by atoms with Gasteiger partial charge in [-0.2, -0.15) is 0 Å². The maximum Gasteiger partial charge on any atom is 0.337 e. The summed E-state index contributed by atoms with van der Waals surface area (Å²) >= 11 is 0. The molecule has 0 bridgehead atoms. The number of methoxy groups -OCH3 is 1. The Bertz CT molecular complexity index is 699. The van der Waals surface area contributed by atoms with E-state index in [1.807, 2.05) is 0 Å². The molecule has 1 aromatic rings. The first-order valence-electron chi connectivity index (χ1n) is 6.25. The zero-order chi connectivity index (χ0) is 15.8. The summed E-state index contributed by atoms with van der Waals surface area (Å²) in [5.74, 6) is -0.856. The van der Waals surface area contributed by atoms with Crippen LogP contribution >= 0.6 is 0 Å². The average molecular weight is 312 g/mol. The fraction of sp³-hybridized carbons (Fsp3) is 0.385. The molecule has 0 saturated carbocycles. The molecule has 1 heterocycles. The van der Waals surface area contributed by atoms with Gasteiger partial charge in [0, 0.05) is 18.7 Å². The maximum absolute atomic E-state index is 12.0. The van der Waals surface area contributed by atoms with E-state index in [4.69, 9.17) is 5.14 Å². The molecule has 2 N–H and O–H groups in total. The molecule has 1 amide bonds. The van der Waals surface area contributed by atoms with E-state index in [-0.39, 0.29) is 18.9 Å². The number of sulfonamides is 1. The van der Waals surface area contributed by atoms with E-state index in [1.54, 1.807) is 19.1 Å². The number of carbonyl (C=O) groups excluding carboxylic acids is 2. The van der Waals surface area contributed by atoms with Gasteiger partial charge in [-0.15, -0.1) is 0 Å². The molecule has 1 aromatic carbocycles. The summed E-state index contributed by atoms with van der Waals surface area (Å²) in [6.45, 7) is 1.76. The number of hydrogen-bond acceptors (Lipinski definition) is 5. The molecular formula is C13H16N2O5S. The highest BCUT2D eigenvalue weighted by atomic mass is 32.2. The smallest absolute Gasteiger partial charge is 0.337 e. The molecule has 21 heavy (non-hydrogen) atoms. The molecule has 114 valence electrons. The lowest BCUT2D eigenvalue weighted by Crippen LogP contribution is -2.32. The maximum atomic E-state index is 12.0. The van der Waals surface area contributed by atoms with Crippen molar-refractivity contribution in [2.45, 2.75) is 18.6 Å². The summed E-state index contributed by atoms with van der Waals surface area (Å²) in [5.41, 5.74) is 1.55. The fourth-order valence-electron chi connectivity index (χ4n) is 2.27. The lowest BCUT2D eigenvalue weighted by Gasteiger charge is -2.19. The van der Waals surface area contributed by atoms with Crippen molar-refractivity contribution in [1.29, 1.82) is 0 Å². The van der Waals surface area contributed by atoms with E-state index in [0.717, 1.165) is 5.56 Å². The van der Waals surface area contributed by atoms with Crippen LogP contribution < -0.4 is 10.0 Å². The van der Waals surface area contributed by atoms with E-state index in [2.05, 4.69) is 4.74 Å². The van der Waals surface area contributed by atoms with Crippen LogP contribution in [0.2, 0.25) is 0 Å². The molecule has 0 aromatic heterocycles. The molecule has 1 atom stereocenters. The van der Waals surface area contributed by atoms with E-state index in [9.17, 15) is 18.0 Å². The van der Waals surface area contributed by atoms with Gasteiger partial charge in [-0.3, -0.25) is 4.79 Å². The molecular weight excluding hydrogens is 296 g/mol. The van der Waals surface area contributed by atoms with Crippen LogP contribution in [0.3, 0.4) is 0 Å². The van der Waals surface area contributed by atoms with Crippen molar-refractivity contribution in [3.05, 3.63) is 29.3 Å². The van der Waals surface area contributed by atoms with Crippen LogP contribution in [0, 0.1) is 6.92 Å². The van der Waals surface area contributed by atoms with Crippen molar-refractivity contribution in [2.24, 2.45) is 5.14 Å². The predicted octanol–water partition coefficient (Wildman–Crippen LogP) is 0.175. The second-order valence-corrected chi connectivity index (χ2v) is 6.76. The Hall–Kier alpha value is -1.93. The van der Waals surface area contributed by atoms with Crippen LogP contribution in [0.4, 0.5) is 5.69 Å². The van der Waals surface area contributed by atoms with Crippen LogP contribution in [-0.4, -0.2) is 39.2 Å². The molecule has 1 fully saturated rings. The summed E-state index contributed by atoms with van der Waals surface area (Å²) < 4.78 is 27.4. The molecule has 8 heteroatoms. The first kappa shape index (κ1) is 15.5. The Morgan fingerprint density at radius 3 is 2.62 bits per heavy atom. The van der Waals surface area contributed by atoms with Gasteiger partial charge < -0.3 is 9.64 Å². The minimum Gasteiger partial charge on any atom is -0.465 e. The Balaban J connectivity index is 2.38. The molecule has 1 aliphatic heterocycles. The van der Waals surface area contributed by atoms with Crippen molar-refractivity contribution < 1.29 is 22.7 Å². The number of hydrogen-bond donors (Lipinski definition) is 1. The normalized spacial score (nSPS) is 18.9. The summed E-state index contributed by atoms with van der Waals surface area (Å²) in [6, 6.07) is 4.78. The summed E-state index contributed by atoms with van der Waals surface area (Å²) in [5, 5.41) is 4.18. The monoisotopic (exact) mass is 312 g/mol. The van der Waals surface area contributed by atoms with Crippen LogP contribution in [0.15, 0.2) is 18.2 Å². The summed E-state index contributed by atoms with van der Waals surface area (Å²) in [7, 11) is -2.51. The van der Waals surface area contributed by atoms with Crippen molar-refractivity contribution in [2.75, 3.05) is 18.6 Å². The number of primary sulfonamides is 1. The summed E-state index contributed by atoms with van der Waals surface area (Å²) in [6.07, 6.45) is -0.152. The van der Waals surface area contributed by atoms with Gasteiger partial charge in [0.25, 0.3) is 0 Å². The third kappa shape index (κ3) is 3.06. The largest absolute Gasteiger partial charge is 0.465 e. The molecule has 0 radical (unpaired) electrons. The zero-order valence-electron chi connectivity index (χ0n) is 11.7. The molecule has 0 spiro atoms. The number of benzene rings is 1. The molecule has 1 aliphatic rings. The number of nitrogens with zero attached hydrogens (tertiary/aromatic N) is 1. The van der Waals surface area contributed by atoms with Crippen LogP contribution in [-0.2, 0) is 19.6 Å². The van der Waals surface area contributed by atoms with E-state index >= 15 is 0 Å². The van der Waals surface area contributed by atoms with Crippen molar-refractivity contribution >= 4 is 27.6 Å². The Kier molecular flexibility index (Phi) is 4.02. The Labute approximate surface area is 122 Å². The zero-order valence-corrected chi connectivity index (χ0v) is 12.5. The third-order valence-corrected chi connectivity index (χ3v) is 4.72. The quantitative estimate of drug-likeness (QED) is 0.801. The number of nitrogens with two attached hydrogens (primary N) is 1. The van der Waals surface area contributed by atoms with Crippen molar-refractivity contribution in [3.8, 4) is 0 Å². The standard InChI is InChI=1S/C13H16N2O5S/c1-8-3-4-9(13(17)20-2)5-11(8)15-7-10(6-12(15)16)21(14,18)19/h3-5,10H,6-7H2,1-2H3,(H2,14,18,19). The predicted molar refractivity (Wildman–Crippen MR) is 76.4 cm³/mol. The van der Waals surface area contributed by atoms with Gasteiger partial charge in [0.05, 0.1) is 12.7 Å². The van der Waals surface area contributed by atoms with Crippen LogP contribution in [0.25, 0.3) is 0 Å². The number of esters is 1. The average Bonchev–Trinajstić information content (AvgIpc) is 2.80. The van der Waals surface area contributed by atoms with Gasteiger partial charge >= 0.3 is 5.97 Å². The minimum atomic E-state index is -3.77. The van der Waals surface area contributed by atoms with Gasteiger partial charge in [0.2, 0.25) is 15.9 Å². The van der Waals surface area contributed by atoms with E-state index in [0.29, 0.717) is 11.3 Å². The Morgan fingerprint density at radius 2 is 2.10 bits per heavy atom. The van der Waals surface area contributed by atoms with E-state index in [1.165, 1.54) is 18.1 Å². The number of aryl methyl sites for hydroxylation is 1. The van der Waals surface area contributed by atoms with E-state index < -0.39 is 21.2 Å². The van der Waals surface area contributed by atoms with Gasteiger partial charge in [0.15, 0.2) is 0 Å². The number of carbonyl (C=O) groups is 2. The highest BCUT2D eigenvalue weighted by Gasteiger charge is 2.37. The topological polar surface area (TPSA) is 107 Å². The molecule has 2 rings (SSSR count). The molecule has 1 saturated heterocycles. The Morgan fingerprint density at radius 1 is 1.43 bits per heavy atom. The van der Waals surface area contributed by atoms with Gasteiger partial charge in [-0.05, 0) is 24.6 Å². The van der Waals surface area contributed by atoms with Gasteiger partial charge in [0.1, 0.15) is 5.25 Å².